The van der Waals surface area contributed by atoms with E-state index < -0.39 is 34.9 Å². The molecule has 0 bridgehead atoms. The summed E-state index contributed by atoms with van der Waals surface area (Å²) < 4.78 is 27.1. The van der Waals surface area contributed by atoms with Crippen molar-refractivity contribution in [1.29, 1.82) is 0 Å². The molecule has 0 unspecified atom stereocenters. The molecule has 0 atom stereocenters. The number of aryl methyl sites for hydroxylation is 1. The molecule has 36 heavy (non-hydrogen) atoms. The second kappa shape index (κ2) is 10.0. The van der Waals surface area contributed by atoms with E-state index in [1.165, 1.54) is 30.3 Å². The largest absolute Gasteiger partial charge is 0.493 e. The predicted molar refractivity (Wildman–Crippen MR) is 131 cm³/mol. The summed E-state index contributed by atoms with van der Waals surface area (Å²) in [6.07, 6.45) is -0.295. The third-order valence-electron chi connectivity index (χ3n) is 5.31. The molecule has 8 nitrogen and oxygen atoms in total. The minimum atomic E-state index is -0.779. The van der Waals surface area contributed by atoms with Crippen LogP contribution in [0.2, 0.25) is 5.02 Å². The molecule has 1 amide bonds. The maximum Gasteiger partial charge on any atom is 0.325 e. The summed E-state index contributed by atoms with van der Waals surface area (Å²) in [5.41, 5.74) is 1.26. The average molecular weight is 513 g/mol. The molecule has 1 aromatic heterocycles. The zero-order valence-corrected chi connectivity index (χ0v) is 19.5. The summed E-state index contributed by atoms with van der Waals surface area (Å²) in [6, 6.07) is 12.3. The van der Waals surface area contributed by atoms with Crippen molar-refractivity contribution in [3.63, 3.8) is 0 Å². The Balaban J connectivity index is 1.52. The van der Waals surface area contributed by atoms with Crippen LogP contribution in [-0.4, -0.2) is 26.8 Å². The van der Waals surface area contributed by atoms with Gasteiger partial charge in [0.1, 0.15) is 11.6 Å². The number of nitrogens with one attached hydrogen (secondary N) is 4. The molecule has 4 aromatic rings. The lowest BCUT2D eigenvalue weighted by Crippen LogP contribution is -2.16. The minimum Gasteiger partial charge on any atom is -0.493 e. The van der Waals surface area contributed by atoms with Gasteiger partial charge in [0, 0.05) is 28.6 Å². The first kappa shape index (κ1) is 24.7. The van der Waals surface area contributed by atoms with Crippen molar-refractivity contribution in [2.45, 2.75) is 13.3 Å². The van der Waals surface area contributed by atoms with Crippen LogP contribution in [0.25, 0.3) is 0 Å². The van der Waals surface area contributed by atoms with Gasteiger partial charge in [-0.05, 0) is 55.0 Å². The molecule has 184 valence electrons. The lowest BCUT2D eigenvalue weighted by Gasteiger charge is -2.12. The van der Waals surface area contributed by atoms with Gasteiger partial charge in [0.25, 0.3) is 0 Å². The average Bonchev–Trinajstić information content (AvgIpc) is 3.13. The van der Waals surface area contributed by atoms with Gasteiger partial charge in [-0.2, -0.15) is 0 Å². The molecule has 0 fully saturated rings. The maximum atomic E-state index is 13.9. The quantitative estimate of drug-likeness (QED) is 0.227. The van der Waals surface area contributed by atoms with Gasteiger partial charge in [-0.15, -0.1) is 0 Å². The van der Waals surface area contributed by atoms with E-state index in [-0.39, 0.29) is 34.0 Å². The van der Waals surface area contributed by atoms with Crippen LogP contribution in [0, 0.1) is 18.6 Å². The van der Waals surface area contributed by atoms with Crippen molar-refractivity contribution in [2.75, 3.05) is 10.6 Å². The van der Waals surface area contributed by atoms with Gasteiger partial charge in [0.2, 0.25) is 11.8 Å². The fraction of sp³-hybridized carbons (Fsp3) is 0.0800. The van der Waals surface area contributed by atoms with Gasteiger partial charge in [0.05, 0.1) is 22.8 Å². The third kappa shape index (κ3) is 5.44. The standard InChI is InChI=1S/C25H19ClF2N4O4/c1-12-2-4-14(30-22(33)11-21-24(35)32-25(36)31-21)9-17(12)23(34)16-6-5-15(10-18(16)26)29-20-7-3-13(27)8-19(20)28/h2-10,29,35H,11H2,1H3,(H,30,33)(H2,31,32,36). The summed E-state index contributed by atoms with van der Waals surface area (Å²) in [5, 5.41) is 15.1. The highest BCUT2D eigenvalue weighted by Gasteiger charge is 2.18. The number of halogens is 3. The number of hydrogen-bond acceptors (Lipinski definition) is 5. The number of ketones is 1. The molecule has 4 rings (SSSR count). The van der Waals surface area contributed by atoms with Gasteiger partial charge in [-0.1, -0.05) is 17.7 Å². The van der Waals surface area contributed by atoms with Gasteiger partial charge in [0.15, 0.2) is 5.78 Å². The summed E-state index contributed by atoms with van der Waals surface area (Å²) >= 11 is 6.35. The number of rotatable bonds is 7. The number of amides is 1. The highest BCUT2D eigenvalue weighted by molar-refractivity contribution is 6.35. The molecule has 0 aliphatic heterocycles. The lowest BCUT2D eigenvalue weighted by molar-refractivity contribution is -0.115. The number of hydrogen-bond donors (Lipinski definition) is 5. The molecule has 0 saturated carbocycles. The second-order valence-electron chi connectivity index (χ2n) is 7.93. The normalized spacial score (nSPS) is 10.8. The van der Waals surface area contributed by atoms with E-state index in [0.717, 1.165) is 12.1 Å². The molecular weight excluding hydrogens is 494 g/mol. The van der Waals surface area contributed by atoms with Crippen LogP contribution < -0.4 is 16.3 Å². The molecule has 0 saturated heterocycles. The van der Waals surface area contributed by atoms with Crippen LogP contribution in [0.3, 0.4) is 0 Å². The molecule has 0 aliphatic carbocycles. The van der Waals surface area contributed by atoms with Crippen LogP contribution >= 0.6 is 11.6 Å². The molecule has 0 spiro atoms. The molecule has 5 N–H and O–H groups in total. The number of anilines is 3. The molecule has 0 aliphatic rings. The minimum absolute atomic E-state index is 0.0295. The number of aromatic hydroxyl groups is 1. The highest BCUT2D eigenvalue weighted by atomic mass is 35.5. The van der Waals surface area contributed by atoms with Crippen LogP contribution in [-0.2, 0) is 11.2 Å². The summed E-state index contributed by atoms with van der Waals surface area (Å²) in [7, 11) is 0. The van der Waals surface area contributed by atoms with Gasteiger partial charge >= 0.3 is 5.69 Å². The molecule has 1 heterocycles. The van der Waals surface area contributed by atoms with Crippen molar-refractivity contribution >= 4 is 40.4 Å². The number of benzene rings is 3. The number of imidazole rings is 1. The van der Waals surface area contributed by atoms with E-state index in [1.54, 1.807) is 19.1 Å². The Bertz CT molecular complexity index is 1550. The van der Waals surface area contributed by atoms with E-state index in [2.05, 4.69) is 20.6 Å². The van der Waals surface area contributed by atoms with Crippen molar-refractivity contribution in [1.82, 2.24) is 9.97 Å². The van der Waals surface area contributed by atoms with Crippen molar-refractivity contribution in [3.8, 4) is 5.88 Å². The highest BCUT2D eigenvalue weighted by Crippen LogP contribution is 2.28. The monoisotopic (exact) mass is 512 g/mol. The molecule has 0 radical (unpaired) electrons. The first-order valence-corrected chi connectivity index (χ1v) is 11.0. The van der Waals surface area contributed by atoms with Crippen molar-refractivity contribution < 1.29 is 23.5 Å². The van der Waals surface area contributed by atoms with E-state index in [9.17, 15) is 28.3 Å². The number of aromatic nitrogens is 2. The molecular formula is C25H19ClF2N4O4. The number of carbonyl (C=O) groups excluding carboxylic acids is 2. The van der Waals surface area contributed by atoms with Crippen LogP contribution in [0.1, 0.15) is 27.2 Å². The Kier molecular flexibility index (Phi) is 6.89. The lowest BCUT2D eigenvalue weighted by atomic mass is 9.98. The predicted octanol–water partition coefficient (Wildman–Crippen LogP) is 4.80. The Labute approximate surface area is 208 Å². The van der Waals surface area contributed by atoms with Crippen molar-refractivity contribution in [3.05, 3.63) is 104 Å². The van der Waals surface area contributed by atoms with Gasteiger partial charge in [-0.25, -0.2) is 13.6 Å². The zero-order valence-electron chi connectivity index (χ0n) is 18.7. The Hall–Kier alpha value is -4.44. The maximum absolute atomic E-state index is 13.9. The topological polar surface area (TPSA) is 127 Å². The van der Waals surface area contributed by atoms with Gasteiger partial charge < -0.3 is 20.7 Å². The van der Waals surface area contributed by atoms with Crippen molar-refractivity contribution in [2.24, 2.45) is 0 Å². The number of carbonyl (C=O) groups is 2. The van der Waals surface area contributed by atoms with Crippen LogP contribution in [0.4, 0.5) is 25.8 Å². The first-order valence-electron chi connectivity index (χ1n) is 10.6. The third-order valence-corrected chi connectivity index (χ3v) is 5.62. The Morgan fingerprint density at radius 1 is 0.972 bits per heavy atom. The first-order chi connectivity index (χ1) is 17.1. The second-order valence-corrected chi connectivity index (χ2v) is 8.34. The van der Waals surface area contributed by atoms with E-state index in [4.69, 9.17) is 11.6 Å². The van der Waals surface area contributed by atoms with E-state index >= 15 is 0 Å². The van der Waals surface area contributed by atoms with E-state index in [0.29, 0.717) is 16.9 Å². The Morgan fingerprint density at radius 3 is 2.39 bits per heavy atom. The molecule has 3 aromatic carbocycles. The fourth-order valence-corrected chi connectivity index (χ4v) is 3.78. The smallest absolute Gasteiger partial charge is 0.325 e. The summed E-state index contributed by atoms with van der Waals surface area (Å²) in [4.78, 5) is 41.2. The number of H-pyrrole nitrogens is 2. The van der Waals surface area contributed by atoms with E-state index in [1.807, 2.05) is 0 Å². The Morgan fingerprint density at radius 2 is 1.72 bits per heavy atom. The summed E-state index contributed by atoms with van der Waals surface area (Å²) in [5.74, 6) is -2.84. The zero-order chi connectivity index (χ0) is 26.0. The van der Waals surface area contributed by atoms with Crippen LogP contribution in [0.15, 0.2) is 59.4 Å². The number of aromatic amines is 2. The fourth-order valence-electron chi connectivity index (χ4n) is 3.52. The van der Waals surface area contributed by atoms with Gasteiger partial charge in [-0.3, -0.25) is 14.6 Å². The molecule has 11 heteroatoms. The summed E-state index contributed by atoms with van der Waals surface area (Å²) in [6.45, 7) is 1.72. The SMILES string of the molecule is Cc1ccc(NC(=O)Cc2[nH]c(=O)[nH]c2O)cc1C(=O)c1ccc(Nc2ccc(F)cc2F)cc1Cl. The van der Waals surface area contributed by atoms with Crippen LogP contribution in [0.5, 0.6) is 5.88 Å².